The molecule has 0 radical (unpaired) electrons. The fourth-order valence-corrected chi connectivity index (χ4v) is 1.55. The molecule has 0 aromatic rings. The van der Waals surface area contributed by atoms with Crippen LogP contribution in [0, 0.1) is 11.8 Å². The lowest BCUT2D eigenvalue weighted by molar-refractivity contribution is -0.363. The van der Waals surface area contributed by atoms with Crippen LogP contribution in [-0.4, -0.2) is 37.0 Å². The molecule has 0 N–H and O–H groups in total. The van der Waals surface area contributed by atoms with Crippen molar-refractivity contribution in [1.29, 1.82) is 0 Å². The van der Waals surface area contributed by atoms with Crippen LogP contribution < -0.4 is 0 Å². The maximum atomic E-state index is 13.2. The first kappa shape index (κ1) is 22.4. The maximum absolute atomic E-state index is 13.2. The summed E-state index contributed by atoms with van der Waals surface area (Å²) in [6, 6.07) is 0. The van der Waals surface area contributed by atoms with Gasteiger partial charge in [0.25, 0.3) is 0 Å². The highest BCUT2D eigenvalue weighted by Crippen LogP contribution is 2.53. The molecule has 0 aliphatic rings. The van der Waals surface area contributed by atoms with Crippen LogP contribution in [0.3, 0.4) is 0 Å². The number of carbonyl (C=O) groups is 1. The van der Waals surface area contributed by atoms with E-state index >= 15 is 0 Å². The van der Waals surface area contributed by atoms with Crippen LogP contribution in [0.15, 0.2) is 12.2 Å². The van der Waals surface area contributed by atoms with Gasteiger partial charge in [0.1, 0.15) is 6.61 Å². The van der Waals surface area contributed by atoms with Gasteiger partial charge in [-0.05, 0) is 6.92 Å². The van der Waals surface area contributed by atoms with E-state index in [0.717, 1.165) is 6.92 Å². The largest absolute Gasteiger partial charge is 0.462 e. The van der Waals surface area contributed by atoms with E-state index in [9.17, 15) is 53.1 Å². The Kier molecular flexibility index (Phi) is 6.31. The molecular weight excluding hydrogens is 373 g/mol. The summed E-state index contributed by atoms with van der Waals surface area (Å²) in [5.41, 5.74) is -0.625. The third-order valence-electron chi connectivity index (χ3n) is 2.69. The normalized spacial score (nSPS) is 15.4. The standard InChI is InChI=1S/C11H9F11O2/c1-4(2)7(23)24-3-5(8(12,13)11(20,21)22)6(9(14,15)16)10(17,18)19/h5-6H,1,3H2,2H3. The number of halogens is 11. The highest BCUT2D eigenvalue weighted by Gasteiger charge is 2.73. The third kappa shape index (κ3) is 5.23. The highest BCUT2D eigenvalue weighted by atomic mass is 19.4. The molecule has 0 fully saturated rings. The molecule has 142 valence electrons. The fraction of sp³-hybridized carbons (Fsp3) is 0.727. The van der Waals surface area contributed by atoms with Gasteiger partial charge in [-0.15, -0.1) is 0 Å². The molecule has 0 aliphatic heterocycles. The molecule has 0 saturated heterocycles. The zero-order chi connectivity index (χ0) is 19.7. The van der Waals surface area contributed by atoms with E-state index in [1.807, 2.05) is 0 Å². The van der Waals surface area contributed by atoms with Gasteiger partial charge in [0.15, 0.2) is 5.92 Å². The molecule has 0 bridgehead atoms. The summed E-state index contributed by atoms with van der Waals surface area (Å²) in [5.74, 6) is -17.7. The van der Waals surface area contributed by atoms with Gasteiger partial charge in [-0.25, -0.2) is 4.79 Å². The van der Waals surface area contributed by atoms with E-state index in [2.05, 4.69) is 11.3 Å². The topological polar surface area (TPSA) is 26.3 Å². The van der Waals surface area contributed by atoms with E-state index in [4.69, 9.17) is 0 Å². The number of hydrogen-bond acceptors (Lipinski definition) is 2. The smallest absolute Gasteiger partial charge is 0.453 e. The number of ether oxygens (including phenoxy) is 1. The highest BCUT2D eigenvalue weighted by molar-refractivity contribution is 5.86. The zero-order valence-corrected chi connectivity index (χ0v) is 11.5. The van der Waals surface area contributed by atoms with Crippen molar-refractivity contribution in [3.05, 3.63) is 12.2 Å². The molecule has 1 unspecified atom stereocenters. The second-order valence-electron chi connectivity index (χ2n) is 4.67. The lowest BCUT2D eigenvalue weighted by Crippen LogP contribution is -2.55. The average Bonchev–Trinajstić information content (AvgIpc) is 2.28. The van der Waals surface area contributed by atoms with Gasteiger partial charge in [0.05, 0.1) is 5.92 Å². The molecule has 13 heteroatoms. The van der Waals surface area contributed by atoms with Crippen molar-refractivity contribution in [1.82, 2.24) is 0 Å². The summed E-state index contributed by atoms with van der Waals surface area (Å²) in [7, 11) is 0. The van der Waals surface area contributed by atoms with Crippen LogP contribution in [0.2, 0.25) is 0 Å². The summed E-state index contributed by atoms with van der Waals surface area (Å²) in [6.07, 6.45) is -19.7. The van der Waals surface area contributed by atoms with Gasteiger partial charge in [-0.2, -0.15) is 48.3 Å². The second-order valence-corrected chi connectivity index (χ2v) is 4.67. The Balaban J connectivity index is 6.02. The van der Waals surface area contributed by atoms with Gasteiger partial charge in [-0.1, -0.05) is 6.58 Å². The van der Waals surface area contributed by atoms with Crippen LogP contribution in [0.5, 0.6) is 0 Å². The molecule has 0 aromatic heterocycles. The lowest BCUT2D eigenvalue weighted by atomic mass is 9.85. The number of hydrogen-bond donors (Lipinski definition) is 0. The summed E-state index contributed by atoms with van der Waals surface area (Å²) in [4.78, 5) is 10.9. The lowest BCUT2D eigenvalue weighted by Gasteiger charge is -2.35. The molecule has 0 rings (SSSR count). The molecule has 1 atom stereocenters. The van der Waals surface area contributed by atoms with Crippen molar-refractivity contribution >= 4 is 5.97 Å². The maximum Gasteiger partial charge on any atom is 0.453 e. The zero-order valence-electron chi connectivity index (χ0n) is 11.5. The van der Waals surface area contributed by atoms with Crippen molar-refractivity contribution in [2.45, 2.75) is 31.4 Å². The SMILES string of the molecule is C=C(C)C(=O)OCC(C(C(F)(F)F)C(F)(F)F)C(F)(F)C(F)(F)F. The minimum Gasteiger partial charge on any atom is -0.462 e. The van der Waals surface area contributed by atoms with E-state index in [0.29, 0.717) is 0 Å². The number of esters is 1. The quantitative estimate of drug-likeness (QED) is 0.393. The minimum absolute atomic E-state index is 0.625. The van der Waals surface area contributed by atoms with Crippen molar-refractivity contribution in [2.24, 2.45) is 11.8 Å². The summed E-state index contributed by atoms with van der Waals surface area (Å²) < 4.78 is 142. The van der Waals surface area contributed by atoms with E-state index in [1.54, 1.807) is 0 Å². The Labute approximate surface area is 127 Å². The predicted molar refractivity (Wildman–Crippen MR) is 55.9 cm³/mol. The van der Waals surface area contributed by atoms with E-state index in [1.165, 1.54) is 0 Å². The summed E-state index contributed by atoms with van der Waals surface area (Å²) in [6.45, 7) is 1.24. The Morgan fingerprint density at radius 2 is 1.29 bits per heavy atom. The Morgan fingerprint density at radius 1 is 0.917 bits per heavy atom. The third-order valence-corrected chi connectivity index (χ3v) is 2.69. The second kappa shape index (κ2) is 6.75. The van der Waals surface area contributed by atoms with Crippen LogP contribution >= 0.6 is 0 Å². The van der Waals surface area contributed by atoms with Gasteiger partial charge in [0, 0.05) is 5.57 Å². The average molecular weight is 382 g/mol. The Hall–Kier alpha value is -1.56. The van der Waals surface area contributed by atoms with E-state index < -0.39 is 54.4 Å². The number of alkyl halides is 11. The van der Waals surface area contributed by atoms with Crippen molar-refractivity contribution in [3.8, 4) is 0 Å². The first-order valence-corrected chi connectivity index (χ1v) is 5.74. The first-order valence-electron chi connectivity index (χ1n) is 5.74. The summed E-state index contributed by atoms with van der Waals surface area (Å²) in [5, 5.41) is 0. The van der Waals surface area contributed by atoms with Crippen LogP contribution in [-0.2, 0) is 9.53 Å². The number of carbonyl (C=O) groups excluding carboxylic acids is 1. The van der Waals surface area contributed by atoms with Crippen LogP contribution in [0.4, 0.5) is 48.3 Å². The molecule has 0 heterocycles. The van der Waals surface area contributed by atoms with Crippen molar-refractivity contribution in [2.75, 3.05) is 6.61 Å². The van der Waals surface area contributed by atoms with Gasteiger partial charge < -0.3 is 4.74 Å². The molecule has 0 amide bonds. The number of rotatable bonds is 5. The molecule has 0 aromatic carbocycles. The fourth-order valence-electron chi connectivity index (χ4n) is 1.55. The Morgan fingerprint density at radius 3 is 1.54 bits per heavy atom. The van der Waals surface area contributed by atoms with Gasteiger partial charge in [0.2, 0.25) is 0 Å². The van der Waals surface area contributed by atoms with Crippen LogP contribution in [0.1, 0.15) is 6.92 Å². The summed E-state index contributed by atoms with van der Waals surface area (Å²) >= 11 is 0. The molecule has 0 aliphatic carbocycles. The molecule has 0 spiro atoms. The predicted octanol–water partition coefficient (Wildman–Crippen LogP) is 4.66. The van der Waals surface area contributed by atoms with E-state index in [-0.39, 0.29) is 0 Å². The van der Waals surface area contributed by atoms with Gasteiger partial charge >= 0.3 is 30.4 Å². The van der Waals surface area contributed by atoms with Gasteiger partial charge in [-0.3, -0.25) is 0 Å². The first-order chi connectivity index (χ1) is 10.3. The van der Waals surface area contributed by atoms with Crippen molar-refractivity contribution in [3.63, 3.8) is 0 Å². The monoisotopic (exact) mass is 382 g/mol. The minimum atomic E-state index is -6.73. The molecule has 2 nitrogen and oxygen atoms in total. The Bertz CT molecular complexity index is 458. The molecule has 24 heavy (non-hydrogen) atoms. The molecule has 0 saturated carbocycles. The van der Waals surface area contributed by atoms with Crippen molar-refractivity contribution < 1.29 is 57.8 Å². The van der Waals surface area contributed by atoms with Crippen LogP contribution in [0.25, 0.3) is 0 Å². The molecular formula is C11H9F11O2.